The molecule has 27 heavy (non-hydrogen) atoms. The zero-order valence-electron chi connectivity index (χ0n) is 14.4. The van der Waals surface area contributed by atoms with Crippen molar-refractivity contribution in [3.8, 4) is 28.3 Å². The van der Waals surface area contributed by atoms with E-state index in [1.807, 2.05) is 0 Å². The van der Waals surface area contributed by atoms with Crippen molar-refractivity contribution in [2.45, 2.75) is 6.92 Å². The molecule has 0 aliphatic heterocycles. The van der Waals surface area contributed by atoms with E-state index in [0.717, 1.165) is 12.1 Å². The quantitative estimate of drug-likeness (QED) is 0.598. The number of methoxy groups -OCH3 is 1. The maximum Gasteiger partial charge on any atom is 0.213 e. The average Bonchev–Trinajstić information content (AvgIpc) is 3.11. The highest BCUT2D eigenvalue weighted by molar-refractivity contribution is 5.91. The largest absolute Gasteiger partial charge is 0.481 e. The molecule has 0 unspecified atom stereocenters. The van der Waals surface area contributed by atoms with Crippen LogP contribution in [0, 0.1) is 18.6 Å². The topological polar surface area (TPSA) is 91.2 Å². The number of nitrogens with zero attached hydrogens (tertiary/aromatic N) is 5. The van der Waals surface area contributed by atoms with Gasteiger partial charge in [0.15, 0.2) is 5.65 Å². The third kappa shape index (κ3) is 2.82. The van der Waals surface area contributed by atoms with E-state index in [1.54, 1.807) is 19.1 Å². The minimum atomic E-state index is -0.759. The molecule has 0 aliphatic carbocycles. The summed E-state index contributed by atoms with van der Waals surface area (Å²) < 4.78 is 34.6. The number of ether oxygens (including phenoxy) is 1. The number of fused-ring (bicyclic) bond motifs is 1. The zero-order valence-corrected chi connectivity index (χ0v) is 14.4. The summed E-state index contributed by atoms with van der Waals surface area (Å²) in [5.74, 6) is -0.985. The normalized spacial score (nSPS) is 11.1. The number of nitrogen functional groups attached to an aromatic ring is 1. The lowest BCUT2D eigenvalue weighted by Crippen LogP contribution is -2.05. The second kappa shape index (κ2) is 6.27. The number of anilines is 1. The van der Waals surface area contributed by atoms with Gasteiger partial charge in [0, 0.05) is 23.4 Å². The first-order valence-electron chi connectivity index (χ1n) is 7.95. The molecule has 1 aromatic carbocycles. The highest BCUT2D eigenvalue weighted by atomic mass is 19.1. The van der Waals surface area contributed by atoms with E-state index in [4.69, 9.17) is 10.5 Å². The van der Waals surface area contributed by atoms with E-state index in [2.05, 4.69) is 20.2 Å². The van der Waals surface area contributed by atoms with E-state index < -0.39 is 11.6 Å². The highest BCUT2D eigenvalue weighted by Gasteiger charge is 2.21. The highest BCUT2D eigenvalue weighted by Crippen LogP contribution is 2.37. The number of benzene rings is 1. The van der Waals surface area contributed by atoms with Gasteiger partial charge in [-0.3, -0.25) is 4.40 Å². The minimum Gasteiger partial charge on any atom is -0.481 e. The molecule has 0 amide bonds. The molecule has 2 N–H and O–H groups in total. The van der Waals surface area contributed by atoms with Gasteiger partial charge in [0.2, 0.25) is 11.8 Å². The van der Waals surface area contributed by atoms with Crippen LogP contribution in [0.4, 0.5) is 14.7 Å². The Morgan fingerprint density at radius 2 is 1.93 bits per heavy atom. The summed E-state index contributed by atoms with van der Waals surface area (Å²) >= 11 is 0. The van der Waals surface area contributed by atoms with Gasteiger partial charge in [0.05, 0.1) is 18.4 Å². The van der Waals surface area contributed by atoms with Gasteiger partial charge >= 0.3 is 0 Å². The van der Waals surface area contributed by atoms with Crippen LogP contribution in [-0.2, 0) is 0 Å². The molecular weight excluding hydrogens is 354 g/mol. The Morgan fingerprint density at radius 1 is 1.11 bits per heavy atom. The summed E-state index contributed by atoms with van der Waals surface area (Å²) in [6.45, 7) is 1.80. The molecule has 0 atom stereocenters. The lowest BCUT2D eigenvalue weighted by Gasteiger charge is -2.14. The predicted molar refractivity (Wildman–Crippen MR) is 95.1 cm³/mol. The summed E-state index contributed by atoms with van der Waals surface area (Å²) in [5.41, 5.74) is 8.50. The molecule has 3 heterocycles. The van der Waals surface area contributed by atoms with Crippen LogP contribution in [0.15, 0.2) is 36.7 Å². The maximum absolute atomic E-state index is 14.5. The van der Waals surface area contributed by atoms with E-state index in [1.165, 1.54) is 23.9 Å². The molecule has 4 rings (SSSR count). The van der Waals surface area contributed by atoms with Gasteiger partial charge in [-0.05, 0) is 30.7 Å². The van der Waals surface area contributed by atoms with Gasteiger partial charge in [-0.2, -0.15) is 0 Å². The fraction of sp³-hybridized carbons (Fsp3) is 0.111. The van der Waals surface area contributed by atoms with E-state index in [0.29, 0.717) is 28.3 Å². The van der Waals surface area contributed by atoms with Crippen molar-refractivity contribution >= 4 is 11.6 Å². The first-order valence-corrected chi connectivity index (χ1v) is 7.95. The number of halogens is 2. The second-order valence-electron chi connectivity index (χ2n) is 5.88. The molecular formula is C18H14F2N6O. The van der Waals surface area contributed by atoms with Crippen molar-refractivity contribution < 1.29 is 13.5 Å². The number of hydrogen-bond acceptors (Lipinski definition) is 6. The first kappa shape index (κ1) is 16.8. The summed E-state index contributed by atoms with van der Waals surface area (Å²) in [4.78, 5) is 8.59. The Balaban J connectivity index is 2.11. The SMILES string of the molecule is COc1cc(-c2c(-c3ccc(F)cc3F)nc(N)n3cnnc23)cc(C)n1. The molecule has 3 aromatic heterocycles. The van der Waals surface area contributed by atoms with Gasteiger partial charge in [-0.1, -0.05) is 0 Å². The van der Waals surface area contributed by atoms with E-state index >= 15 is 0 Å². The van der Waals surface area contributed by atoms with Gasteiger partial charge in [-0.25, -0.2) is 18.7 Å². The third-order valence-corrected chi connectivity index (χ3v) is 4.10. The third-order valence-electron chi connectivity index (χ3n) is 4.10. The van der Waals surface area contributed by atoms with Gasteiger partial charge in [-0.15, -0.1) is 10.2 Å². The summed E-state index contributed by atoms with van der Waals surface area (Å²) in [6, 6.07) is 6.74. The van der Waals surface area contributed by atoms with Crippen LogP contribution >= 0.6 is 0 Å². The Morgan fingerprint density at radius 3 is 2.67 bits per heavy atom. The Kier molecular flexibility index (Phi) is 3.91. The molecule has 0 saturated carbocycles. The number of pyridine rings is 1. The summed E-state index contributed by atoms with van der Waals surface area (Å²) in [7, 11) is 1.50. The van der Waals surface area contributed by atoms with Crippen LogP contribution in [0.1, 0.15) is 5.69 Å². The fourth-order valence-electron chi connectivity index (χ4n) is 2.93. The molecule has 0 saturated heterocycles. The molecule has 136 valence electrons. The van der Waals surface area contributed by atoms with Crippen molar-refractivity contribution in [3.63, 3.8) is 0 Å². The standard InChI is InChI=1S/C18H14F2N6O/c1-9-5-10(6-14(23-9)27-2)15-16(12-4-3-11(19)7-13(12)20)24-18(21)26-8-22-25-17(15)26/h3-8H,1-2H3,(H2,21,24). The molecule has 0 radical (unpaired) electrons. The Labute approximate surface area is 152 Å². The van der Waals surface area contributed by atoms with E-state index in [9.17, 15) is 8.78 Å². The average molecular weight is 368 g/mol. The fourth-order valence-corrected chi connectivity index (χ4v) is 2.93. The monoisotopic (exact) mass is 368 g/mol. The van der Waals surface area contributed by atoms with E-state index in [-0.39, 0.29) is 17.2 Å². The zero-order chi connectivity index (χ0) is 19.1. The molecule has 9 heteroatoms. The van der Waals surface area contributed by atoms with Crippen LogP contribution in [0.2, 0.25) is 0 Å². The molecule has 4 aromatic rings. The molecule has 0 aliphatic rings. The van der Waals surface area contributed by atoms with Crippen molar-refractivity contribution in [3.05, 3.63) is 54.0 Å². The predicted octanol–water partition coefficient (Wildman–Crippen LogP) is 3.03. The van der Waals surface area contributed by atoms with Crippen molar-refractivity contribution in [1.29, 1.82) is 0 Å². The lowest BCUT2D eigenvalue weighted by molar-refractivity contribution is 0.397. The molecule has 0 spiro atoms. The van der Waals surface area contributed by atoms with Crippen molar-refractivity contribution in [1.82, 2.24) is 24.6 Å². The maximum atomic E-state index is 14.5. The van der Waals surface area contributed by atoms with Crippen LogP contribution in [-0.4, -0.2) is 31.7 Å². The number of aromatic nitrogens is 5. The Hall–Kier alpha value is -3.62. The number of nitrogens with two attached hydrogens (primary N) is 1. The summed E-state index contributed by atoms with van der Waals surface area (Å²) in [6.07, 6.45) is 1.41. The Bertz CT molecular complexity index is 1170. The molecule has 0 fully saturated rings. The number of rotatable bonds is 3. The minimum absolute atomic E-state index is 0.0789. The van der Waals surface area contributed by atoms with Crippen molar-refractivity contribution in [2.75, 3.05) is 12.8 Å². The summed E-state index contributed by atoms with van der Waals surface area (Å²) in [5, 5.41) is 7.99. The first-order chi connectivity index (χ1) is 13.0. The van der Waals surface area contributed by atoms with Crippen LogP contribution in [0.5, 0.6) is 5.88 Å². The second-order valence-corrected chi connectivity index (χ2v) is 5.88. The smallest absolute Gasteiger partial charge is 0.213 e. The number of aryl methyl sites for hydroxylation is 1. The van der Waals surface area contributed by atoms with Crippen molar-refractivity contribution in [2.24, 2.45) is 0 Å². The lowest BCUT2D eigenvalue weighted by atomic mass is 9.99. The van der Waals surface area contributed by atoms with Crippen LogP contribution in [0.3, 0.4) is 0 Å². The van der Waals surface area contributed by atoms with Crippen LogP contribution < -0.4 is 10.5 Å². The van der Waals surface area contributed by atoms with Crippen LogP contribution in [0.25, 0.3) is 28.0 Å². The molecule has 7 nitrogen and oxygen atoms in total. The number of hydrogen-bond donors (Lipinski definition) is 1. The van der Waals surface area contributed by atoms with Gasteiger partial charge < -0.3 is 10.5 Å². The van der Waals surface area contributed by atoms with Gasteiger partial charge in [0.25, 0.3) is 0 Å². The molecule has 0 bridgehead atoms. The van der Waals surface area contributed by atoms with Gasteiger partial charge in [0.1, 0.15) is 18.0 Å².